The first-order valence-corrected chi connectivity index (χ1v) is 11.0. The molecule has 0 unspecified atom stereocenters. The molecule has 0 bridgehead atoms. The molecule has 2 aromatic rings. The number of carbonyl (C=O) groups is 3. The van der Waals surface area contributed by atoms with E-state index >= 15 is 0 Å². The second-order valence-electron chi connectivity index (χ2n) is 7.49. The van der Waals surface area contributed by atoms with Gasteiger partial charge in [0.25, 0.3) is 11.1 Å². The zero-order valence-electron chi connectivity index (χ0n) is 18.1. The Kier molecular flexibility index (Phi) is 7.17. The summed E-state index contributed by atoms with van der Waals surface area (Å²) >= 11 is 0.837. The van der Waals surface area contributed by atoms with Crippen molar-refractivity contribution in [3.8, 4) is 5.75 Å². The molecule has 0 radical (unpaired) electrons. The first-order valence-electron chi connectivity index (χ1n) is 10.2. The third-order valence-electron chi connectivity index (χ3n) is 5.01. The highest BCUT2D eigenvalue weighted by molar-refractivity contribution is 8.18. The van der Waals surface area contributed by atoms with E-state index in [4.69, 9.17) is 4.74 Å². The van der Waals surface area contributed by atoms with Crippen LogP contribution in [0.3, 0.4) is 0 Å². The van der Waals surface area contributed by atoms with Crippen molar-refractivity contribution in [3.63, 3.8) is 0 Å². The molecule has 1 fully saturated rings. The van der Waals surface area contributed by atoms with Gasteiger partial charge >= 0.3 is 0 Å². The van der Waals surface area contributed by atoms with E-state index in [1.165, 1.54) is 0 Å². The zero-order chi connectivity index (χ0) is 22.5. The number of rotatable bonds is 7. The molecular formula is C24H26N2O4S. The average Bonchev–Trinajstić information content (AvgIpc) is 2.99. The number of para-hydroxylation sites is 1. The molecule has 1 aliphatic heterocycles. The number of hydrogen-bond donors (Lipinski definition) is 1. The van der Waals surface area contributed by atoms with Crippen LogP contribution in [0.5, 0.6) is 5.75 Å². The van der Waals surface area contributed by atoms with E-state index in [2.05, 4.69) is 12.2 Å². The molecule has 0 saturated carbocycles. The highest BCUT2D eigenvalue weighted by Gasteiger charge is 2.36. The van der Waals surface area contributed by atoms with Crippen LogP contribution in [-0.2, 0) is 9.59 Å². The summed E-state index contributed by atoms with van der Waals surface area (Å²) in [5.41, 5.74) is 3.32. The van der Waals surface area contributed by atoms with Crippen LogP contribution in [-0.4, -0.2) is 34.6 Å². The van der Waals surface area contributed by atoms with Crippen LogP contribution in [0.4, 0.5) is 10.5 Å². The molecule has 2 aromatic carbocycles. The molecule has 3 amide bonds. The highest BCUT2D eigenvalue weighted by atomic mass is 32.2. The number of anilines is 1. The normalized spacial score (nSPS) is 16.0. The van der Waals surface area contributed by atoms with Crippen LogP contribution in [0.2, 0.25) is 0 Å². The summed E-state index contributed by atoms with van der Waals surface area (Å²) in [5, 5.41) is 2.36. The lowest BCUT2D eigenvalue weighted by molar-refractivity contribution is -0.127. The molecule has 0 aliphatic carbocycles. The number of imide groups is 1. The van der Waals surface area contributed by atoms with E-state index in [0.29, 0.717) is 10.6 Å². The van der Waals surface area contributed by atoms with Gasteiger partial charge in [-0.15, -0.1) is 0 Å². The highest BCUT2D eigenvalue weighted by Crippen LogP contribution is 2.32. The van der Waals surface area contributed by atoms with Gasteiger partial charge in [0.2, 0.25) is 5.91 Å². The van der Waals surface area contributed by atoms with Gasteiger partial charge in [-0.1, -0.05) is 37.3 Å². The predicted octanol–water partition coefficient (Wildman–Crippen LogP) is 5.16. The zero-order valence-corrected chi connectivity index (χ0v) is 18.9. The minimum atomic E-state index is -0.466. The van der Waals surface area contributed by atoms with Gasteiger partial charge in [0.05, 0.1) is 11.0 Å². The first kappa shape index (κ1) is 22.6. The smallest absolute Gasteiger partial charge is 0.294 e. The second kappa shape index (κ2) is 9.83. The molecule has 0 aromatic heterocycles. The monoisotopic (exact) mass is 438 g/mol. The lowest BCUT2D eigenvalue weighted by atomic mass is 10.1. The van der Waals surface area contributed by atoms with E-state index in [-0.39, 0.29) is 12.6 Å². The van der Waals surface area contributed by atoms with E-state index in [9.17, 15) is 14.4 Å². The van der Waals surface area contributed by atoms with Crippen LogP contribution in [0.25, 0.3) is 6.08 Å². The third kappa shape index (κ3) is 5.55. The fraction of sp³-hybridized carbons (Fsp3) is 0.292. The Balaban J connectivity index is 1.67. The van der Waals surface area contributed by atoms with Gasteiger partial charge in [-0.25, -0.2) is 0 Å². The minimum Gasteiger partial charge on any atom is -0.491 e. The maximum Gasteiger partial charge on any atom is 0.294 e. The van der Waals surface area contributed by atoms with Gasteiger partial charge in [0.1, 0.15) is 12.3 Å². The number of nitrogens with zero attached hydrogens (tertiary/aromatic N) is 1. The number of ether oxygens (including phenoxy) is 1. The molecule has 7 heteroatoms. The Bertz CT molecular complexity index is 1010. The molecule has 6 nitrogen and oxygen atoms in total. The maximum atomic E-state index is 12.7. The summed E-state index contributed by atoms with van der Waals surface area (Å²) in [7, 11) is 0. The van der Waals surface area contributed by atoms with Crippen LogP contribution in [0.1, 0.15) is 37.0 Å². The van der Waals surface area contributed by atoms with E-state index < -0.39 is 17.1 Å². The van der Waals surface area contributed by atoms with E-state index in [1.807, 2.05) is 63.2 Å². The van der Waals surface area contributed by atoms with Gasteiger partial charge in [-0.2, -0.15) is 0 Å². The van der Waals surface area contributed by atoms with Crippen molar-refractivity contribution in [1.82, 2.24) is 4.90 Å². The van der Waals surface area contributed by atoms with Crippen molar-refractivity contribution in [3.05, 3.63) is 64.1 Å². The van der Waals surface area contributed by atoms with Gasteiger partial charge in [0.15, 0.2) is 0 Å². The average molecular weight is 439 g/mol. The number of hydrogen-bond acceptors (Lipinski definition) is 5. The van der Waals surface area contributed by atoms with Crippen LogP contribution >= 0.6 is 11.8 Å². The first-order chi connectivity index (χ1) is 14.8. The molecule has 31 heavy (non-hydrogen) atoms. The Labute approximate surface area is 186 Å². The maximum absolute atomic E-state index is 12.7. The minimum absolute atomic E-state index is 0.122. The Morgan fingerprint density at radius 2 is 1.77 bits per heavy atom. The number of amides is 3. The van der Waals surface area contributed by atoms with E-state index in [1.54, 1.807) is 6.08 Å². The predicted molar refractivity (Wildman–Crippen MR) is 124 cm³/mol. The standard InChI is InChI=1S/C24H26N2O4S/c1-5-17(4)30-19-11-9-18(10-12-19)13-20-23(28)26(24(29)31-20)14-21(27)25-22-15(2)7-6-8-16(22)3/h6-13,17H,5,14H2,1-4H3,(H,25,27)/b20-13-/t17-/m0/s1. The van der Waals surface area contributed by atoms with Crippen molar-refractivity contribution in [2.24, 2.45) is 0 Å². The van der Waals surface area contributed by atoms with Gasteiger partial charge in [0, 0.05) is 5.69 Å². The van der Waals surface area contributed by atoms with Crippen molar-refractivity contribution in [2.45, 2.75) is 40.2 Å². The molecule has 1 saturated heterocycles. The molecule has 1 atom stereocenters. The molecular weight excluding hydrogens is 412 g/mol. The molecule has 1 heterocycles. The molecule has 1 N–H and O–H groups in total. The Morgan fingerprint density at radius 3 is 2.39 bits per heavy atom. The summed E-state index contributed by atoms with van der Waals surface area (Å²) in [6.45, 7) is 7.52. The summed E-state index contributed by atoms with van der Waals surface area (Å²) < 4.78 is 5.75. The Hall–Kier alpha value is -3.06. The topological polar surface area (TPSA) is 75.7 Å². The largest absolute Gasteiger partial charge is 0.491 e. The van der Waals surface area contributed by atoms with E-state index in [0.717, 1.165) is 45.5 Å². The number of benzene rings is 2. The number of aryl methyl sites for hydroxylation is 2. The number of nitrogens with one attached hydrogen (secondary N) is 1. The molecule has 0 spiro atoms. The number of thioether (sulfide) groups is 1. The Morgan fingerprint density at radius 1 is 1.13 bits per heavy atom. The fourth-order valence-electron chi connectivity index (χ4n) is 3.08. The SMILES string of the molecule is CC[C@H](C)Oc1ccc(/C=C2\SC(=O)N(CC(=O)Nc3c(C)cccc3C)C2=O)cc1. The third-order valence-corrected chi connectivity index (χ3v) is 5.92. The lowest BCUT2D eigenvalue weighted by Gasteiger charge is -2.15. The van der Waals surface area contributed by atoms with Gasteiger partial charge in [-0.3, -0.25) is 19.3 Å². The summed E-state index contributed by atoms with van der Waals surface area (Å²) in [6.07, 6.45) is 2.68. The quantitative estimate of drug-likeness (QED) is 0.605. The molecule has 1 aliphatic rings. The van der Waals surface area contributed by atoms with Crippen molar-refractivity contribution in [1.29, 1.82) is 0 Å². The second-order valence-corrected chi connectivity index (χ2v) is 8.48. The summed E-state index contributed by atoms with van der Waals surface area (Å²) in [4.78, 5) is 38.8. The van der Waals surface area contributed by atoms with Crippen molar-refractivity contribution >= 4 is 40.6 Å². The molecule has 162 valence electrons. The summed E-state index contributed by atoms with van der Waals surface area (Å²) in [5.74, 6) is -0.123. The van der Waals surface area contributed by atoms with Crippen LogP contribution < -0.4 is 10.1 Å². The number of carbonyl (C=O) groups excluding carboxylic acids is 3. The van der Waals surface area contributed by atoms with Gasteiger partial charge in [-0.05, 0) is 73.9 Å². The van der Waals surface area contributed by atoms with Crippen molar-refractivity contribution < 1.29 is 19.1 Å². The summed E-state index contributed by atoms with van der Waals surface area (Å²) in [6, 6.07) is 13.0. The van der Waals surface area contributed by atoms with Crippen molar-refractivity contribution in [2.75, 3.05) is 11.9 Å². The lowest BCUT2D eigenvalue weighted by Crippen LogP contribution is -2.36. The van der Waals surface area contributed by atoms with Gasteiger partial charge < -0.3 is 10.1 Å². The van der Waals surface area contributed by atoms with Crippen LogP contribution in [0, 0.1) is 13.8 Å². The molecule has 3 rings (SSSR count). The fourth-order valence-corrected chi connectivity index (χ4v) is 3.92. The van der Waals surface area contributed by atoms with Crippen LogP contribution in [0.15, 0.2) is 47.4 Å².